The molecule has 0 aliphatic carbocycles. The summed E-state index contributed by atoms with van der Waals surface area (Å²) < 4.78 is 5.70. The number of rotatable bonds is 6. The lowest BCUT2D eigenvalue weighted by molar-refractivity contribution is -0.128. The number of nitrogens with zero attached hydrogens (tertiary/aromatic N) is 1. The number of halogens is 2. The smallest absolute Gasteiger partial charge is 0.238 e. The van der Waals surface area contributed by atoms with Gasteiger partial charge in [-0.25, -0.2) is 4.98 Å². The number of hydrogen-bond donors (Lipinski definition) is 2. The van der Waals surface area contributed by atoms with E-state index in [1.54, 1.807) is 24.3 Å². The van der Waals surface area contributed by atoms with Gasteiger partial charge in [-0.1, -0.05) is 56.1 Å². The van der Waals surface area contributed by atoms with Gasteiger partial charge in [-0.2, -0.15) is 0 Å². The van der Waals surface area contributed by atoms with Gasteiger partial charge >= 0.3 is 0 Å². The highest BCUT2D eigenvalue weighted by Gasteiger charge is 2.20. The number of pyridine rings is 1. The van der Waals surface area contributed by atoms with Crippen LogP contribution in [0.1, 0.15) is 27.2 Å². The number of carbonyl (C=O) groups is 2. The maximum absolute atomic E-state index is 12.2. The first-order valence-corrected chi connectivity index (χ1v) is 9.08. The summed E-state index contributed by atoms with van der Waals surface area (Å²) >= 11 is 11.9. The van der Waals surface area contributed by atoms with Gasteiger partial charge in [-0.05, 0) is 18.2 Å². The largest absolute Gasteiger partial charge is 0.435 e. The van der Waals surface area contributed by atoms with Gasteiger partial charge in [0.05, 0.1) is 10.7 Å². The number of para-hydroxylation sites is 2. The fourth-order valence-electron chi connectivity index (χ4n) is 2.01. The molecule has 0 saturated carbocycles. The minimum Gasteiger partial charge on any atom is -0.435 e. The minimum atomic E-state index is -0.498. The van der Waals surface area contributed by atoms with Crippen LogP contribution in [0.4, 0.5) is 5.69 Å². The summed E-state index contributed by atoms with van der Waals surface area (Å²) in [5.41, 5.74) is -0.0284. The Labute approximate surface area is 168 Å². The molecule has 0 aliphatic heterocycles. The summed E-state index contributed by atoms with van der Waals surface area (Å²) in [6, 6.07) is 8.43. The van der Waals surface area contributed by atoms with E-state index in [1.165, 1.54) is 12.3 Å². The SMILES string of the molecule is CC(C)(C)C(=O)NCCC(=O)Nc1ccccc1Oc1ncc(Cl)cc1Cl. The number of carbonyl (C=O) groups excluding carboxylic acids is 2. The van der Waals surface area contributed by atoms with Crippen LogP contribution in [0, 0.1) is 5.41 Å². The highest BCUT2D eigenvalue weighted by molar-refractivity contribution is 6.35. The van der Waals surface area contributed by atoms with Crippen molar-refractivity contribution >= 4 is 40.7 Å². The molecule has 27 heavy (non-hydrogen) atoms. The molecule has 0 spiro atoms. The molecule has 1 heterocycles. The predicted molar refractivity (Wildman–Crippen MR) is 106 cm³/mol. The summed E-state index contributed by atoms with van der Waals surface area (Å²) in [6.45, 7) is 5.68. The van der Waals surface area contributed by atoms with Crippen molar-refractivity contribution in [2.45, 2.75) is 27.2 Å². The van der Waals surface area contributed by atoms with Crippen LogP contribution in [0.15, 0.2) is 36.5 Å². The Morgan fingerprint density at radius 2 is 1.89 bits per heavy atom. The van der Waals surface area contributed by atoms with E-state index < -0.39 is 5.41 Å². The fraction of sp³-hybridized carbons (Fsp3) is 0.316. The van der Waals surface area contributed by atoms with Gasteiger partial charge < -0.3 is 15.4 Å². The van der Waals surface area contributed by atoms with E-state index in [2.05, 4.69) is 15.6 Å². The van der Waals surface area contributed by atoms with Gasteiger partial charge in [0.25, 0.3) is 0 Å². The van der Waals surface area contributed by atoms with Gasteiger partial charge in [0.2, 0.25) is 17.7 Å². The Hall–Kier alpha value is -2.31. The van der Waals surface area contributed by atoms with Gasteiger partial charge in [-0.3, -0.25) is 9.59 Å². The van der Waals surface area contributed by atoms with Crippen LogP contribution in [-0.4, -0.2) is 23.3 Å². The molecule has 1 aromatic carbocycles. The van der Waals surface area contributed by atoms with Crippen LogP contribution >= 0.6 is 23.2 Å². The normalized spacial score (nSPS) is 11.0. The molecule has 0 fully saturated rings. The van der Waals surface area contributed by atoms with Crippen molar-refractivity contribution < 1.29 is 14.3 Å². The van der Waals surface area contributed by atoms with Gasteiger partial charge in [0.1, 0.15) is 5.02 Å². The average Bonchev–Trinajstić information content (AvgIpc) is 2.58. The van der Waals surface area contributed by atoms with Crippen molar-refractivity contribution in [3.05, 3.63) is 46.6 Å². The van der Waals surface area contributed by atoms with E-state index in [9.17, 15) is 9.59 Å². The molecule has 2 N–H and O–H groups in total. The monoisotopic (exact) mass is 409 g/mol. The number of ether oxygens (including phenoxy) is 1. The maximum atomic E-state index is 12.2. The van der Waals surface area contributed by atoms with Crippen LogP contribution in [0.3, 0.4) is 0 Å². The molecule has 8 heteroatoms. The quantitative estimate of drug-likeness (QED) is 0.725. The van der Waals surface area contributed by atoms with Crippen molar-refractivity contribution in [3.63, 3.8) is 0 Å². The van der Waals surface area contributed by atoms with Gasteiger partial charge in [-0.15, -0.1) is 0 Å². The first-order chi connectivity index (χ1) is 12.7. The molecule has 6 nitrogen and oxygen atoms in total. The second-order valence-electron chi connectivity index (χ2n) is 6.84. The Morgan fingerprint density at radius 3 is 2.56 bits per heavy atom. The lowest BCUT2D eigenvalue weighted by Gasteiger charge is -2.17. The number of amides is 2. The third-order valence-electron chi connectivity index (χ3n) is 3.46. The van der Waals surface area contributed by atoms with Crippen LogP contribution in [0.25, 0.3) is 0 Å². The molecule has 2 amide bonds. The highest BCUT2D eigenvalue weighted by atomic mass is 35.5. The van der Waals surface area contributed by atoms with Crippen LogP contribution in [-0.2, 0) is 9.59 Å². The predicted octanol–water partition coefficient (Wildman–Crippen LogP) is 4.67. The molecule has 2 rings (SSSR count). The lowest BCUT2D eigenvalue weighted by Crippen LogP contribution is -2.36. The Morgan fingerprint density at radius 1 is 1.19 bits per heavy atom. The zero-order valence-electron chi connectivity index (χ0n) is 15.3. The third kappa shape index (κ3) is 6.41. The molecule has 0 atom stereocenters. The zero-order chi connectivity index (χ0) is 20.0. The summed E-state index contributed by atoms with van der Waals surface area (Å²) in [5.74, 6) is 0.208. The van der Waals surface area contributed by atoms with E-state index in [0.29, 0.717) is 16.5 Å². The standard InChI is InChI=1S/C19H21Cl2N3O3/c1-19(2,3)18(26)22-9-8-16(25)24-14-6-4-5-7-15(14)27-17-13(21)10-12(20)11-23-17/h4-7,10-11H,8-9H2,1-3H3,(H,22,26)(H,24,25). The molecule has 0 radical (unpaired) electrons. The van der Waals surface area contributed by atoms with Crippen LogP contribution in [0.2, 0.25) is 10.0 Å². The van der Waals surface area contributed by atoms with Gasteiger partial charge in [0.15, 0.2) is 5.75 Å². The molecular weight excluding hydrogens is 389 g/mol. The number of anilines is 1. The zero-order valence-corrected chi connectivity index (χ0v) is 16.8. The fourth-order valence-corrected chi connectivity index (χ4v) is 2.43. The number of aromatic nitrogens is 1. The summed E-state index contributed by atoms with van der Waals surface area (Å²) in [4.78, 5) is 28.0. The van der Waals surface area contributed by atoms with E-state index in [0.717, 1.165) is 0 Å². The second kappa shape index (κ2) is 9.06. The molecule has 1 aromatic heterocycles. The Kier molecular flexibility index (Phi) is 7.05. The van der Waals surface area contributed by atoms with E-state index in [-0.39, 0.29) is 35.7 Å². The average molecular weight is 410 g/mol. The maximum Gasteiger partial charge on any atom is 0.238 e. The second-order valence-corrected chi connectivity index (χ2v) is 7.69. The molecule has 0 aliphatic rings. The molecule has 0 saturated heterocycles. The topological polar surface area (TPSA) is 80.3 Å². The van der Waals surface area contributed by atoms with E-state index >= 15 is 0 Å². The lowest BCUT2D eigenvalue weighted by atomic mass is 9.96. The molecule has 0 unspecified atom stereocenters. The number of benzene rings is 1. The first kappa shape index (κ1) is 21.0. The molecule has 144 valence electrons. The van der Waals surface area contributed by atoms with E-state index in [4.69, 9.17) is 27.9 Å². The van der Waals surface area contributed by atoms with Crippen molar-refractivity contribution in [1.29, 1.82) is 0 Å². The minimum absolute atomic E-state index is 0.109. The molecule has 2 aromatic rings. The van der Waals surface area contributed by atoms with Crippen LogP contribution < -0.4 is 15.4 Å². The van der Waals surface area contributed by atoms with Crippen LogP contribution in [0.5, 0.6) is 11.6 Å². The van der Waals surface area contributed by atoms with Gasteiger partial charge in [0, 0.05) is 24.6 Å². The molecule has 0 bridgehead atoms. The van der Waals surface area contributed by atoms with E-state index in [1.807, 2.05) is 20.8 Å². The summed E-state index contributed by atoms with van der Waals surface area (Å²) in [7, 11) is 0. The highest BCUT2D eigenvalue weighted by Crippen LogP contribution is 2.33. The molecular formula is C19H21Cl2N3O3. The summed E-state index contributed by atoms with van der Waals surface area (Å²) in [6.07, 6.45) is 1.55. The summed E-state index contributed by atoms with van der Waals surface area (Å²) in [5, 5.41) is 6.15. The van der Waals surface area contributed by atoms with Crippen molar-refractivity contribution in [3.8, 4) is 11.6 Å². The Bertz CT molecular complexity index is 835. The number of nitrogens with one attached hydrogen (secondary N) is 2. The van der Waals surface area contributed by atoms with Crippen molar-refractivity contribution in [1.82, 2.24) is 10.3 Å². The first-order valence-electron chi connectivity index (χ1n) is 8.33. The van der Waals surface area contributed by atoms with Crippen molar-refractivity contribution in [2.24, 2.45) is 5.41 Å². The Balaban J connectivity index is 1.99. The third-order valence-corrected chi connectivity index (χ3v) is 3.94. The van der Waals surface area contributed by atoms with Crippen molar-refractivity contribution in [2.75, 3.05) is 11.9 Å². The number of hydrogen-bond acceptors (Lipinski definition) is 4.